The fourth-order valence-corrected chi connectivity index (χ4v) is 4.86. The average Bonchev–Trinajstić information content (AvgIpc) is 3.10. The van der Waals surface area contributed by atoms with Crippen LogP contribution in [0.15, 0.2) is 77.7 Å². The predicted octanol–water partition coefficient (Wildman–Crippen LogP) is 3.35. The zero-order valence-corrected chi connectivity index (χ0v) is 19.7. The summed E-state index contributed by atoms with van der Waals surface area (Å²) in [5.41, 5.74) is 1.93. The molecule has 1 aliphatic rings. The third-order valence-electron chi connectivity index (χ3n) is 5.73. The first-order valence-electron chi connectivity index (χ1n) is 11.0. The number of carbonyl (C=O) groups is 2. The highest BCUT2D eigenvalue weighted by Gasteiger charge is 2.39. The average molecular weight is 495 g/mol. The van der Waals surface area contributed by atoms with Crippen molar-refractivity contribution in [3.05, 3.63) is 95.3 Å². The molecule has 0 unspecified atom stereocenters. The van der Waals surface area contributed by atoms with Gasteiger partial charge in [0.05, 0.1) is 16.0 Å². The Labute approximate surface area is 202 Å². The van der Waals surface area contributed by atoms with E-state index in [0.717, 1.165) is 16.9 Å². The molecule has 0 saturated carbocycles. The summed E-state index contributed by atoms with van der Waals surface area (Å²) in [7, 11) is -3.84. The van der Waals surface area contributed by atoms with Gasteiger partial charge in [0.2, 0.25) is 10.0 Å². The van der Waals surface area contributed by atoms with Crippen LogP contribution in [0.4, 0.5) is 4.39 Å². The number of amides is 2. The van der Waals surface area contributed by atoms with Crippen LogP contribution in [0, 0.1) is 5.82 Å². The van der Waals surface area contributed by atoms with Crippen LogP contribution in [0.5, 0.6) is 5.75 Å². The number of sulfonamides is 1. The molecule has 0 saturated heterocycles. The summed E-state index contributed by atoms with van der Waals surface area (Å²) in [4.78, 5) is 27.6. The highest BCUT2D eigenvalue weighted by atomic mass is 32.2. The lowest BCUT2D eigenvalue weighted by atomic mass is 9.96. The number of hydrogen-bond donors (Lipinski definition) is 2. The van der Waals surface area contributed by atoms with Crippen LogP contribution in [0.25, 0.3) is 11.1 Å². The maximum Gasteiger partial charge on any atom is 0.262 e. The normalized spacial score (nSPS) is 14.2. The lowest BCUT2D eigenvalue weighted by molar-refractivity contribution is -0.135. The Morgan fingerprint density at radius 2 is 1.34 bits per heavy atom. The topological polar surface area (TPSA) is 104 Å². The number of hydrogen-bond acceptors (Lipinski definition) is 5. The zero-order chi connectivity index (χ0) is 25.2. The van der Waals surface area contributed by atoms with Crippen molar-refractivity contribution >= 4 is 33.0 Å². The van der Waals surface area contributed by atoms with E-state index in [1.807, 2.05) is 6.92 Å². The van der Waals surface area contributed by atoms with Crippen LogP contribution >= 0.6 is 0 Å². The SMILES string of the molecule is CCc1ccc(S(=O)(=O)NCCN2C(=O)C(c3ccc(O)cc3)=C(c3ccc(F)cc3)C2=O)cc1. The van der Waals surface area contributed by atoms with Gasteiger partial charge in [0.25, 0.3) is 11.8 Å². The monoisotopic (exact) mass is 494 g/mol. The molecule has 35 heavy (non-hydrogen) atoms. The standard InChI is InChI=1S/C26H23FN2O5S/c1-2-17-3-13-22(14-4-17)35(33,34)28-15-16-29-25(31)23(18-5-9-20(27)10-6-18)24(26(29)32)19-7-11-21(30)12-8-19/h3-14,28,30H,2,15-16H2,1H3. The van der Waals surface area contributed by atoms with E-state index in [-0.39, 0.29) is 34.9 Å². The Morgan fingerprint density at radius 1 is 0.829 bits per heavy atom. The van der Waals surface area contributed by atoms with Gasteiger partial charge in [-0.3, -0.25) is 14.5 Å². The number of rotatable bonds is 8. The van der Waals surface area contributed by atoms with Crippen LogP contribution in [-0.4, -0.2) is 43.3 Å². The number of benzene rings is 3. The Hall–Kier alpha value is -3.82. The number of aromatic hydroxyl groups is 1. The fourth-order valence-electron chi connectivity index (χ4n) is 3.84. The van der Waals surface area contributed by atoms with Crippen molar-refractivity contribution in [1.29, 1.82) is 0 Å². The third kappa shape index (κ3) is 5.01. The molecule has 7 nitrogen and oxygen atoms in total. The van der Waals surface area contributed by atoms with Gasteiger partial charge in [0.1, 0.15) is 11.6 Å². The predicted molar refractivity (Wildman–Crippen MR) is 129 cm³/mol. The van der Waals surface area contributed by atoms with Gasteiger partial charge >= 0.3 is 0 Å². The zero-order valence-electron chi connectivity index (χ0n) is 18.9. The van der Waals surface area contributed by atoms with Gasteiger partial charge in [0, 0.05) is 13.1 Å². The number of nitrogens with one attached hydrogen (secondary N) is 1. The lowest BCUT2D eigenvalue weighted by Gasteiger charge is -2.16. The van der Waals surface area contributed by atoms with E-state index in [9.17, 15) is 27.5 Å². The molecular weight excluding hydrogens is 471 g/mol. The summed E-state index contributed by atoms with van der Waals surface area (Å²) in [6.45, 7) is 1.58. The van der Waals surface area contributed by atoms with E-state index >= 15 is 0 Å². The summed E-state index contributed by atoms with van der Waals surface area (Å²) < 4.78 is 41.2. The molecule has 3 aromatic carbocycles. The van der Waals surface area contributed by atoms with Crippen molar-refractivity contribution in [2.24, 2.45) is 0 Å². The van der Waals surface area contributed by atoms with Crippen molar-refractivity contribution in [2.45, 2.75) is 18.2 Å². The number of phenolic OH excluding ortho intramolecular Hbond substituents is 1. The van der Waals surface area contributed by atoms with Crippen LogP contribution in [0.3, 0.4) is 0 Å². The van der Waals surface area contributed by atoms with Crippen LogP contribution < -0.4 is 4.72 Å². The second-order valence-electron chi connectivity index (χ2n) is 7.96. The number of phenols is 1. The van der Waals surface area contributed by atoms with Gasteiger partial charge in [-0.05, 0) is 59.5 Å². The minimum absolute atomic E-state index is 0.00677. The van der Waals surface area contributed by atoms with Gasteiger partial charge < -0.3 is 5.11 Å². The summed E-state index contributed by atoms with van der Waals surface area (Å²) in [6, 6.07) is 17.4. The summed E-state index contributed by atoms with van der Waals surface area (Å²) in [5.74, 6) is -1.72. The molecular formula is C26H23FN2O5S. The highest BCUT2D eigenvalue weighted by molar-refractivity contribution is 7.89. The first-order chi connectivity index (χ1) is 16.7. The van der Waals surface area contributed by atoms with Crippen LogP contribution in [0.1, 0.15) is 23.6 Å². The minimum atomic E-state index is -3.84. The van der Waals surface area contributed by atoms with E-state index in [1.165, 1.54) is 60.7 Å². The van der Waals surface area contributed by atoms with E-state index < -0.39 is 27.7 Å². The minimum Gasteiger partial charge on any atom is -0.508 e. The summed E-state index contributed by atoms with van der Waals surface area (Å²) in [5, 5.41) is 9.61. The Kier molecular flexibility index (Phi) is 6.81. The molecule has 2 amide bonds. The van der Waals surface area contributed by atoms with Gasteiger partial charge in [-0.1, -0.05) is 43.3 Å². The number of aryl methyl sites for hydroxylation is 1. The Bertz CT molecular complexity index is 1330. The summed E-state index contributed by atoms with van der Waals surface area (Å²) in [6.07, 6.45) is 0.777. The van der Waals surface area contributed by atoms with Crippen molar-refractivity contribution in [2.75, 3.05) is 13.1 Å². The van der Waals surface area contributed by atoms with Gasteiger partial charge in [-0.2, -0.15) is 0 Å². The van der Waals surface area contributed by atoms with Crippen molar-refractivity contribution in [3.63, 3.8) is 0 Å². The molecule has 1 aliphatic heterocycles. The van der Waals surface area contributed by atoms with Crippen molar-refractivity contribution in [3.8, 4) is 5.75 Å². The number of imide groups is 1. The molecule has 0 radical (unpaired) electrons. The molecule has 4 rings (SSSR count). The van der Waals surface area contributed by atoms with Gasteiger partial charge in [-0.25, -0.2) is 17.5 Å². The lowest BCUT2D eigenvalue weighted by Crippen LogP contribution is -2.39. The van der Waals surface area contributed by atoms with Gasteiger partial charge in [-0.15, -0.1) is 0 Å². The highest BCUT2D eigenvalue weighted by Crippen LogP contribution is 2.36. The van der Waals surface area contributed by atoms with E-state index in [2.05, 4.69) is 4.72 Å². The second kappa shape index (κ2) is 9.81. The van der Waals surface area contributed by atoms with E-state index in [1.54, 1.807) is 12.1 Å². The fraction of sp³-hybridized carbons (Fsp3) is 0.154. The van der Waals surface area contributed by atoms with Gasteiger partial charge in [0.15, 0.2) is 0 Å². The molecule has 0 atom stereocenters. The van der Waals surface area contributed by atoms with Crippen molar-refractivity contribution < 1.29 is 27.5 Å². The Morgan fingerprint density at radius 3 is 1.86 bits per heavy atom. The summed E-state index contributed by atoms with van der Waals surface area (Å²) >= 11 is 0. The maximum atomic E-state index is 13.5. The molecule has 3 aromatic rings. The van der Waals surface area contributed by atoms with E-state index in [4.69, 9.17) is 0 Å². The molecule has 2 N–H and O–H groups in total. The number of halogens is 1. The quantitative estimate of drug-likeness (QED) is 0.468. The Balaban J connectivity index is 1.58. The molecule has 9 heteroatoms. The van der Waals surface area contributed by atoms with E-state index in [0.29, 0.717) is 11.1 Å². The van der Waals surface area contributed by atoms with Crippen LogP contribution in [-0.2, 0) is 26.0 Å². The molecule has 0 aliphatic carbocycles. The van der Waals surface area contributed by atoms with Crippen molar-refractivity contribution in [1.82, 2.24) is 9.62 Å². The third-order valence-corrected chi connectivity index (χ3v) is 7.20. The van der Waals surface area contributed by atoms with Crippen LogP contribution in [0.2, 0.25) is 0 Å². The molecule has 0 fully saturated rings. The smallest absolute Gasteiger partial charge is 0.262 e. The molecule has 180 valence electrons. The molecule has 0 aromatic heterocycles. The first kappa shape index (κ1) is 24.3. The molecule has 1 heterocycles. The number of carbonyl (C=O) groups excluding carboxylic acids is 2. The molecule has 0 bridgehead atoms. The second-order valence-corrected chi connectivity index (χ2v) is 9.73. The molecule has 0 spiro atoms. The first-order valence-corrected chi connectivity index (χ1v) is 12.4. The largest absolute Gasteiger partial charge is 0.508 e. The number of nitrogens with zero attached hydrogens (tertiary/aromatic N) is 1. The maximum absolute atomic E-state index is 13.5.